The summed E-state index contributed by atoms with van der Waals surface area (Å²) in [6.45, 7) is 1.53. The Bertz CT molecular complexity index is 1300. The number of aromatic nitrogens is 2. The Hall–Kier alpha value is -2.16. The molecular weight excluding hydrogens is 579 g/mol. The van der Waals surface area contributed by atoms with Gasteiger partial charge in [0.2, 0.25) is 0 Å². The molecule has 0 aliphatic carbocycles. The van der Waals surface area contributed by atoms with Crippen molar-refractivity contribution < 1.29 is 55.9 Å². The number of nitrogens with one attached hydrogen (secondary N) is 1. The second-order valence-corrected chi connectivity index (χ2v) is 11.5. The molecule has 38 heavy (non-hydrogen) atoms. The quantitative estimate of drug-likeness (QED) is 0.0434. The van der Waals surface area contributed by atoms with E-state index in [1.54, 1.807) is 0 Å². The molecule has 1 aromatic rings. The van der Waals surface area contributed by atoms with Crippen molar-refractivity contribution in [2.75, 3.05) is 32.2 Å². The first kappa shape index (κ1) is 32.1. The maximum Gasteiger partial charge on any atom is 0.490 e. The molecule has 2 rings (SSSR count). The summed E-state index contributed by atoms with van der Waals surface area (Å²) < 4.78 is 58.3. The fourth-order valence-electron chi connectivity index (χ4n) is 2.93. The van der Waals surface area contributed by atoms with Gasteiger partial charge in [0.25, 0.3) is 0 Å². The van der Waals surface area contributed by atoms with Gasteiger partial charge in [-0.25, -0.2) is 18.5 Å². The van der Waals surface area contributed by atoms with Crippen LogP contribution in [0.2, 0.25) is 0 Å². The van der Waals surface area contributed by atoms with Crippen molar-refractivity contribution in [2.45, 2.75) is 31.8 Å². The van der Waals surface area contributed by atoms with Crippen LogP contribution in [0.15, 0.2) is 16.1 Å². The molecule has 20 nitrogen and oxygen atoms in total. The standard InChI is InChI=1S/C15H24N7O13P3/c1-2-18-5-3-4-10-7-22(15(23)20-14(10)16)13-6-11(31-9-19-21-17)12(33-13)8-32-37(27,28)35-38(29,30)34-36(24,25)26/h7,11-13,18H,2,5-6,8-9H2,1H3,(H,27,28)(H,29,30)(H2,16,20,23)(H2,24,25,26)/t11?,12-,13-/m1/s1. The van der Waals surface area contributed by atoms with Gasteiger partial charge in [-0.3, -0.25) is 9.09 Å². The van der Waals surface area contributed by atoms with E-state index < -0.39 is 60.9 Å². The molecule has 1 aromatic heterocycles. The summed E-state index contributed by atoms with van der Waals surface area (Å²) in [5.41, 5.74) is 13.6. The van der Waals surface area contributed by atoms with E-state index in [-0.39, 0.29) is 17.8 Å². The van der Waals surface area contributed by atoms with Gasteiger partial charge in [-0.2, -0.15) is 13.6 Å². The predicted octanol–water partition coefficient (Wildman–Crippen LogP) is 0.0703. The van der Waals surface area contributed by atoms with Gasteiger partial charge in [0.05, 0.1) is 24.8 Å². The summed E-state index contributed by atoms with van der Waals surface area (Å²) in [6.07, 6.45) is -2.20. The van der Waals surface area contributed by atoms with Crippen molar-refractivity contribution in [3.63, 3.8) is 0 Å². The van der Waals surface area contributed by atoms with E-state index in [1.165, 1.54) is 6.20 Å². The number of ether oxygens (including phenoxy) is 2. The summed E-state index contributed by atoms with van der Waals surface area (Å²) in [4.78, 5) is 54.9. The Balaban J connectivity index is 2.22. The third kappa shape index (κ3) is 10.5. The minimum absolute atomic E-state index is 0.0961. The highest BCUT2D eigenvalue weighted by molar-refractivity contribution is 7.66. The zero-order valence-corrected chi connectivity index (χ0v) is 22.1. The first-order chi connectivity index (χ1) is 17.7. The average molecular weight is 603 g/mol. The van der Waals surface area contributed by atoms with E-state index in [0.717, 1.165) is 4.57 Å². The normalized spacial score (nSPS) is 22.5. The lowest BCUT2D eigenvalue weighted by atomic mass is 10.2. The van der Waals surface area contributed by atoms with Gasteiger partial charge in [0, 0.05) is 17.5 Å². The van der Waals surface area contributed by atoms with Crippen LogP contribution in [0.5, 0.6) is 0 Å². The van der Waals surface area contributed by atoms with Crippen LogP contribution < -0.4 is 16.7 Å². The first-order valence-corrected chi connectivity index (χ1v) is 14.8. The Morgan fingerprint density at radius 2 is 2.03 bits per heavy atom. The van der Waals surface area contributed by atoms with Crippen LogP contribution >= 0.6 is 23.5 Å². The minimum Gasteiger partial charge on any atom is -0.382 e. The van der Waals surface area contributed by atoms with Crippen molar-refractivity contribution in [1.82, 2.24) is 14.9 Å². The van der Waals surface area contributed by atoms with Gasteiger partial charge >= 0.3 is 29.2 Å². The second kappa shape index (κ2) is 13.8. The number of nitrogens with zero attached hydrogens (tertiary/aromatic N) is 5. The third-order valence-electron chi connectivity index (χ3n) is 4.39. The van der Waals surface area contributed by atoms with E-state index in [4.69, 9.17) is 30.5 Å². The Morgan fingerprint density at radius 3 is 2.66 bits per heavy atom. The maximum absolute atomic E-state index is 12.5. The van der Waals surface area contributed by atoms with Crippen LogP contribution in [-0.4, -0.2) is 67.8 Å². The number of rotatable bonds is 13. The minimum atomic E-state index is -5.74. The van der Waals surface area contributed by atoms with Crippen molar-refractivity contribution in [3.8, 4) is 11.8 Å². The van der Waals surface area contributed by atoms with Gasteiger partial charge in [0.1, 0.15) is 24.9 Å². The molecule has 0 spiro atoms. The molecule has 3 unspecified atom stereocenters. The van der Waals surface area contributed by atoms with Crippen LogP contribution in [0.4, 0.5) is 5.82 Å². The predicted molar refractivity (Wildman–Crippen MR) is 126 cm³/mol. The average Bonchev–Trinajstić information content (AvgIpc) is 3.17. The van der Waals surface area contributed by atoms with E-state index in [9.17, 15) is 28.3 Å². The van der Waals surface area contributed by atoms with Gasteiger partial charge in [-0.15, -0.1) is 0 Å². The number of phosphoric ester groups is 1. The van der Waals surface area contributed by atoms with Gasteiger partial charge in [-0.1, -0.05) is 23.9 Å². The fourth-order valence-corrected chi connectivity index (χ4v) is 5.96. The molecule has 7 N–H and O–H groups in total. The smallest absolute Gasteiger partial charge is 0.382 e. The van der Waals surface area contributed by atoms with Crippen LogP contribution in [-0.2, 0) is 36.3 Å². The summed E-state index contributed by atoms with van der Waals surface area (Å²) >= 11 is 0. The molecular formula is C15H24N7O13P3. The summed E-state index contributed by atoms with van der Waals surface area (Å²) in [6, 6.07) is 0. The Labute approximate surface area is 214 Å². The number of azide groups is 1. The van der Waals surface area contributed by atoms with Crippen molar-refractivity contribution >= 4 is 29.3 Å². The molecule has 1 aliphatic heterocycles. The molecule has 212 valence electrons. The third-order valence-corrected chi connectivity index (χ3v) is 8.19. The van der Waals surface area contributed by atoms with Crippen molar-refractivity contribution in [1.29, 1.82) is 0 Å². The van der Waals surface area contributed by atoms with Gasteiger partial charge < -0.3 is 40.1 Å². The zero-order valence-electron chi connectivity index (χ0n) is 19.5. The number of hydrogen-bond donors (Lipinski definition) is 6. The Morgan fingerprint density at radius 1 is 1.32 bits per heavy atom. The highest BCUT2D eigenvalue weighted by Gasteiger charge is 2.43. The maximum atomic E-state index is 12.5. The second-order valence-electron chi connectivity index (χ2n) is 7.13. The topological polar surface area (TPSA) is 300 Å². The van der Waals surface area contributed by atoms with E-state index in [0.29, 0.717) is 13.1 Å². The lowest BCUT2D eigenvalue weighted by Crippen LogP contribution is -2.29. The van der Waals surface area contributed by atoms with Crippen LogP contribution in [0.1, 0.15) is 25.1 Å². The van der Waals surface area contributed by atoms with E-state index in [1.807, 2.05) is 6.92 Å². The molecule has 0 bridgehead atoms. The van der Waals surface area contributed by atoms with Gasteiger partial charge in [-0.05, 0) is 12.1 Å². The molecule has 1 saturated heterocycles. The number of phosphoric acid groups is 3. The molecule has 0 amide bonds. The first-order valence-electron chi connectivity index (χ1n) is 10.3. The van der Waals surface area contributed by atoms with E-state index in [2.05, 4.69) is 45.3 Å². The molecule has 23 heteroatoms. The van der Waals surface area contributed by atoms with Crippen LogP contribution in [0.25, 0.3) is 10.4 Å². The molecule has 5 atom stereocenters. The van der Waals surface area contributed by atoms with Gasteiger partial charge in [0.15, 0.2) is 0 Å². The van der Waals surface area contributed by atoms with Crippen molar-refractivity contribution in [2.24, 2.45) is 5.11 Å². The highest BCUT2D eigenvalue weighted by atomic mass is 31.3. The fraction of sp³-hybridized carbons (Fsp3) is 0.600. The molecule has 0 aromatic carbocycles. The number of nitrogen functional groups attached to an aromatic ring is 1. The molecule has 1 fully saturated rings. The number of hydrogen-bond acceptors (Lipinski definition) is 13. The summed E-state index contributed by atoms with van der Waals surface area (Å²) in [5, 5.41) is 6.18. The highest BCUT2D eigenvalue weighted by Crippen LogP contribution is 2.66. The van der Waals surface area contributed by atoms with E-state index >= 15 is 0 Å². The molecule has 1 aliphatic rings. The number of nitrogens with two attached hydrogens (primary N) is 1. The summed E-state index contributed by atoms with van der Waals surface area (Å²) in [5.74, 6) is 5.42. The molecule has 2 heterocycles. The monoisotopic (exact) mass is 603 g/mol. The largest absolute Gasteiger partial charge is 0.490 e. The molecule has 0 radical (unpaired) electrons. The zero-order chi connectivity index (χ0) is 28.6. The summed E-state index contributed by atoms with van der Waals surface area (Å²) in [7, 11) is -16.8. The SMILES string of the molecule is CCNCC#Cc1cn([C@H]2CC(OCN=[N+]=[N-])[C@@H](COP(=O)(O)OP(=O)(O)OP(=O)(O)O)O2)c(=O)nc1N. The van der Waals surface area contributed by atoms with Crippen LogP contribution in [0.3, 0.4) is 0 Å². The number of anilines is 1. The Kier molecular flexibility index (Phi) is 11.6. The lowest BCUT2D eigenvalue weighted by Gasteiger charge is -2.21. The lowest BCUT2D eigenvalue weighted by molar-refractivity contribution is -0.0601. The van der Waals surface area contributed by atoms with Crippen LogP contribution in [0, 0.1) is 11.8 Å². The van der Waals surface area contributed by atoms with Crippen molar-refractivity contribution in [3.05, 3.63) is 32.7 Å². The molecule has 0 saturated carbocycles.